The standard InChI is InChI=1S/C17H21F3N4S/c1-3-21-16(24-11-15-23-10-12(2)25-15)22-9-8-13-4-6-14(7-5-13)17(18,19)20/h4-7,10H,3,8-9,11H2,1-2H3,(H2,21,22,24). The van der Waals surface area contributed by atoms with Gasteiger partial charge in [0.1, 0.15) is 5.01 Å². The van der Waals surface area contributed by atoms with E-state index in [-0.39, 0.29) is 0 Å². The molecule has 1 heterocycles. The van der Waals surface area contributed by atoms with E-state index in [2.05, 4.69) is 20.6 Å². The van der Waals surface area contributed by atoms with Crippen LogP contribution < -0.4 is 10.6 Å². The lowest BCUT2D eigenvalue weighted by Crippen LogP contribution is -2.38. The minimum absolute atomic E-state index is 0.494. The molecule has 0 aliphatic heterocycles. The van der Waals surface area contributed by atoms with Crippen molar-refractivity contribution < 1.29 is 13.2 Å². The molecule has 4 nitrogen and oxygen atoms in total. The van der Waals surface area contributed by atoms with Gasteiger partial charge in [-0.25, -0.2) is 9.98 Å². The van der Waals surface area contributed by atoms with Crippen LogP contribution in [0.25, 0.3) is 0 Å². The van der Waals surface area contributed by atoms with Crippen molar-refractivity contribution in [3.63, 3.8) is 0 Å². The maximum atomic E-state index is 12.5. The quantitative estimate of drug-likeness (QED) is 0.601. The molecular weight excluding hydrogens is 349 g/mol. The maximum Gasteiger partial charge on any atom is 0.416 e. The number of rotatable bonds is 6. The molecule has 1 aromatic carbocycles. The van der Waals surface area contributed by atoms with Crippen LogP contribution in [0.3, 0.4) is 0 Å². The number of hydrogen-bond acceptors (Lipinski definition) is 3. The summed E-state index contributed by atoms with van der Waals surface area (Å²) in [6.45, 7) is 5.77. The number of hydrogen-bond donors (Lipinski definition) is 2. The first kappa shape index (κ1) is 19.2. The van der Waals surface area contributed by atoms with Gasteiger partial charge in [-0.15, -0.1) is 11.3 Å². The number of aliphatic imine (C=N–C) groups is 1. The lowest BCUT2D eigenvalue weighted by molar-refractivity contribution is -0.137. The fourth-order valence-electron chi connectivity index (χ4n) is 2.15. The average Bonchev–Trinajstić information content (AvgIpc) is 2.98. The van der Waals surface area contributed by atoms with E-state index in [4.69, 9.17) is 0 Å². The van der Waals surface area contributed by atoms with E-state index in [0.717, 1.165) is 34.1 Å². The van der Waals surface area contributed by atoms with Gasteiger partial charge in [0.05, 0.1) is 12.1 Å². The number of aromatic nitrogens is 1. The summed E-state index contributed by atoms with van der Waals surface area (Å²) in [7, 11) is 0. The molecule has 1 aromatic heterocycles. The van der Waals surface area contributed by atoms with Crippen LogP contribution in [0.5, 0.6) is 0 Å². The van der Waals surface area contributed by atoms with Crippen molar-refractivity contribution in [1.29, 1.82) is 0 Å². The average molecular weight is 370 g/mol. The Labute approximate surface area is 149 Å². The Hall–Kier alpha value is -2.09. The van der Waals surface area contributed by atoms with E-state index in [9.17, 15) is 13.2 Å². The van der Waals surface area contributed by atoms with Crippen LogP contribution in [0.15, 0.2) is 35.5 Å². The molecule has 0 amide bonds. The normalized spacial score (nSPS) is 12.3. The number of nitrogens with zero attached hydrogens (tertiary/aromatic N) is 2. The number of guanidine groups is 1. The van der Waals surface area contributed by atoms with Gasteiger partial charge in [0, 0.05) is 24.2 Å². The van der Waals surface area contributed by atoms with Gasteiger partial charge in [0.15, 0.2) is 5.96 Å². The smallest absolute Gasteiger partial charge is 0.357 e. The van der Waals surface area contributed by atoms with Crippen molar-refractivity contribution >= 4 is 17.3 Å². The third kappa shape index (κ3) is 6.38. The number of aryl methyl sites for hydroxylation is 1. The fourth-order valence-corrected chi connectivity index (χ4v) is 2.86. The highest BCUT2D eigenvalue weighted by molar-refractivity contribution is 7.11. The lowest BCUT2D eigenvalue weighted by Gasteiger charge is -2.11. The van der Waals surface area contributed by atoms with Gasteiger partial charge in [-0.05, 0) is 38.0 Å². The molecule has 0 fully saturated rings. The van der Waals surface area contributed by atoms with Crippen LogP contribution >= 0.6 is 11.3 Å². The lowest BCUT2D eigenvalue weighted by atomic mass is 10.1. The second-order valence-electron chi connectivity index (χ2n) is 5.43. The van der Waals surface area contributed by atoms with Gasteiger partial charge in [-0.3, -0.25) is 0 Å². The third-order valence-corrected chi connectivity index (χ3v) is 4.27. The zero-order chi connectivity index (χ0) is 18.3. The highest BCUT2D eigenvalue weighted by Crippen LogP contribution is 2.29. The Kier molecular flexibility index (Phi) is 6.81. The van der Waals surface area contributed by atoms with Crippen molar-refractivity contribution in [3.8, 4) is 0 Å². The SMILES string of the molecule is CCNC(=NCc1ncc(C)s1)NCCc1ccc(C(F)(F)F)cc1. The molecule has 0 unspecified atom stereocenters. The van der Waals surface area contributed by atoms with Crippen LogP contribution in [-0.2, 0) is 19.1 Å². The predicted molar refractivity (Wildman–Crippen MR) is 94.8 cm³/mol. The molecule has 0 saturated heterocycles. The molecule has 2 rings (SSSR count). The molecule has 2 N–H and O–H groups in total. The number of benzene rings is 1. The third-order valence-electron chi connectivity index (χ3n) is 3.37. The largest absolute Gasteiger partial charge is 0.416 e. The van der Waals surface area contributed by atoms with E-state index in [1.54, 1.807) is 11.3 Å². The Morgan fingerprint density at radius 3 is 2.48 bits per heavy atom. The Balaban J connectivity index is 1.86. The Morgan fingerprint density at radius 2 is 1.92 bits per heavy atom. The van der Waals surface area contributed by atoms with Crippen LogP contribution in [0.1, 0.15) is 27.9 Å². The number of nitrogens with one attached hydrogen (secondary N) is 2. The van der Waals surface area contributed by atoms with E-state index in [1.165, 1.54) is 12.1 Å². The summed E-state index contributed by atoms with van der Waals surface area (Å²) in [5, 5.41) is 7.27. The zero-order valence-corrected chi connectivity index (χ0v) is 15.0. The van der Waals surface area contributed by atoms with Gasteiger partial charge in [-0.1, -0.05) is 12.1 Å². The molecule has 8 heteroatoms. The summed E-state index contributed by atoms with van der Waals surface area (Å²) >= 11 is 1.61. The predicted octanol–water partition coefficient (Wildman–Crippen LogP) is 3.77. The van der Waals surface area contributed by atoms with E-state index >= 15 is 0 Å². The summed E-state index contributed by atoms with van der Waals surface area (Å²) in [6, 6.07) is 5.23. The molecular formula is C17H21F3N4S. The summed E-state index contributed by atoms with van der Waals surface area (Å²) in [5.74, 6) is 0.669. The highest BCUT2D eigenvalue weighted by atomic mass is 32.1. The van der Waals surface area contributed by atoms with Gasteiger partial charge in [-0.2, -0.15) is 13.2 Å². The molecule has 0 radical (unpaired) electrons. The summed E-state index contributed by atoms with van der Waals surface area (Å²) < 4.78 is 37.6. The highest BCUT2D eigenvalue weighted by Gasteiger charge is 2.29. The second-order valence-corrected chi connectivity index (χ2v) is 6.75. The second kappa shape index (κ2) is 8.84. The van der Waals surface area contributed by atoms with E-state index < -0.39 is 11.7 Å². The fraction of sp³-hybridized carbons (Fsp3) is 0.412. The first-order valence-electron chi connectivity index (χ1n) is 7.98. The minimum atomic E-state index is -4.30. The van der Waals surface area contributed by atoms with Gasteiger partial charge < -0.3 is 10.6 Å². The van der Waals surface area contributed by atoms with E-state index in [0.29, 0.717) is 25.5 Å². The van der Waals surface area contributed by atoms with Crippen LogP contribution in [0, 0.1) is 6.92 Å². The molecule has 0 aliphatic carbocycles. The Bertz CT molecular complexity index is 693. The molecule has 0 spiro atoms. The maximum absolute atomic E-state index is 12.5. The molecule has 0 bridgehead atoms. The minimum Gasteiger partial charge on any atom is -0.357 e. The zero-order valence-electron chi connectivity index (χ0n) is 14.2. The summed E-state index contributed by atoms with van der Waals surface area (Å²) in [6.07, 6.45) is -1.87. The molecule has 2 aromatic rings. The van der Waals surface area contributed by atoms with Crippen LogP contribution in [0.2, 0.25) is 0 Å². The van der Waals surface area contributed by atoms with Crippen molar-refractivity contribution in [2.45, 2.75) is 33.0 Å². The summed E-state index contributed by atoms with van der Waals surface area (Å²) in [5.41, 5.74) is 0.213. The monoisotopic (exact) mass is 370 g/mol. The molecule has 0 aliphatic rings. The topological polar surface area (TPSA) is 49.3 Å². The van der Waals surface area contributed by atoms with Crippen molar-refractivity contribution in [1.82, 2.24) is 15.6 Å². The number of halogens is 3. The molecule has 0 atom stereocenters. The van der Waals surface area contributed by atoms with Crippen LogP contribution in [0.4, 0.5) is 13.2 Å². The van der Waals surface area contributed by atoms with Crippen LogP contribution in [-0.4, -0.2) is 24.0 Å². The molecule has 25 heavy (non-hydrogen) atoms. The van der Waals surface area contributed by atoms with E-state index in [1.807, 2.05) is 20.0 Å². The molecule has 136 valence electrons. The molecule has 0 saturated carbocycles. The van der Waals surface area contributed by atoms with Gasteiger partial charge in [0.2, 0.25) is 0 Å². The number of alkyl halides is 3. The Morgan fingerprint density at radius 1 is 1.20 bits per heavy atom. The summed E-state index contributed by atoms with van der Waals surface area (Å²) in [4.78, 5) is 9.88. The van der Waals surface area contributed by atoms with Crippen molar-refractivity contribution in [2.75, 3.05) is 13.1 Å². The van der Waals surface area contributed by atoms with Gasteiger partial charge >= 0.3 is 6.18 Å². The first-order chi connectivity index (χ1) is 11.9. The first-order valence-corrected chi connectivity index (χ1v) is 8.79. The van der Waals surface area contributed by atoms with Crippen molar-refractivity contribution in [2.24, 2.45) is 4.99 Å². The van der Waals surface area contributed by atoms with Crippen molar-refractivity contribution in [3.05, 3.63) is 51.5 Å². The number of thiazole rings is 1. The van der Waals surface area contributed by atoms with Gasteiger partial charge in [0.25, 0.3) is 0 Å².